The van der Waals surface area contributed by atoms with Crippen LogP contribution in [0, 0.1) is 11.3 Å². The van der Waals surface area contributed by atoms with E-state index in [2.05, 4.69) is 11.4 Å². The lowest BCUT2D eigenvalue weighted by Crippen LogP contribution is -2.43. The van der Waals surface area contributed by atoms with Gasteiger partial charge in [0.05, 0.1) is 23.7 Å². The Labute approximate surface area is 191 Å². The van der Waals surface area contributed by atoms with E-state index in [0.29, 0.717) is 26.4 Å². The summed E-state index contributed by atoms with van der Waals surface area (Å²) in [7, 11) is 0. The zero-order valence-corrected chi connectivity index (χ0v) is 18.3. The quantitative estimate of drug-likeness (QED) is 0.474. The summed E-state index contributed by atoms with van der Waals surface area (Å²) >= 11 is 7.32. The summed E-state index contributed by atoms with van der Waals surface area (Å²) in [6.45, 7) is -0.134. The van der Waals surface area contributed by atoms with Crippen molar-refractivity contribution in [2.75, 3.05) is 0 Å². The van der Waals surface area contributed by atoms with E-state index in [9.17, 15) is 19.6 Å². The van der Waals surface area contributed by atoms with E-state index in [4.69, 9.17) is 11.6 Å². The Morgan fingerprint density at radius 3 is 2.50 bits per heavy atom. The Hall–Kier alpha value is -3.67. The van der Waals surface area contributed by atoms with Gasteiger partial charge in [-0.1, -0.05) is 48.0 Å². The number of rotatable bonds is 6. The Morgan fingerprint density at radius 1 is 1.03 bits per heavy atom. The number of aromatic nitrogens is 2. The van der Waals surface area contributed by atoms with Crippen molar-refractivity contribution in [3.05, 3.63) is 103 Å². The number of hydrogen-bond acceptors (Lipinski definition) is 5. The van der Waals surface area contributed by atoms with Crippen LogP contribution in [0.4, 0.5) is 0 Å². The van der Waals surface area contributed by atoms with Crippen LogP contribution in [0.5, 0.6) is 0 Å². The molecule has 2 aromatic carbocycles. The summed E-state index contributed by atoms with van der Waals surface area (Å²) in [5.41, 5.74) is 1.18. The zero-order valence-electron chi connectivity index (χ0n) is 16.7. The fourth-order valence-electron chi connectivity index (χ4n) is 3.40. The number of nitriles is 1. The fourth-order valence-corrected chi connectivity index (χ4v) is 4.44. The molecule has 0 aliphatic carbocycles. The average Bonchev–Trinajstić information content (AvgIpc) is 3.29. The van der Waals surface area contributed by atoms with Crippen LogP contribution in [0.3, 0.4) is 0 Å². The lowest BCUT2D eigenvalue weighted by atomic mass is 10.1. The number of carbonyl (C=O) groups is 1. The lowest BCUT2D eigenvalue weighted by molar-refractivity contribution is -0.121. The van der Waals surface area contributed by atoms with E-state index in [1.807, 2.05) is 0 Å². The van der Waals surface area contributed by atoms with Crippen molar-refractivity contribution in [3.63, 3.8) is 0 Å². The summed E-state index contributed by atoms with van der Waals surface area (Å²) < 4.78 is 2.72. The van der Waals surface area contributed by atoms with Crippen molar-refractivity contribution < 1.29 is 4.79 Å². The highest BCUT2D eigenvalue weighted by Gasteiger charge is 2.17. The first-order chi connectivity index (χ1) is 15.5. The molecule has 160 valence electrons. The van der Waals surface area contributed by atoms with E-state index in [-0.39, 0.29) is 13.1 Å². The minimum absolute atomic E-state index is 0.108. The van der Waals surface area contributed by atoms with Gasteiger partial charge in [-0.15, -0.1) is 11.3 Å². The van der Waals surface area contributed by atoms with Crippen LogP contribution in [0.25, 0.3) is 10.2 Å². The van der Waals surface area contributed by atoms with Crippen LogP contribution < -0.4 is 16.6 Å². The smallest absolute Gasteiger partial charge is 0.332 e. The maximum absolute atomic E-state index is 13.2. The number of nitrogens with zero attached hydrogens (tertiary/aromatic N) is 3. The second kappa shape index (κ2) is 9.22. The molecule has 4 rings (SSSR count). The van der Waals surface area contributed by atoms with Crippen LogP contribution >= 0.6 is 22.9 Å². The van der Waals surface area contributed by atoms with Crippen molar-refractivity contribution in [1.82, 2.24) is 14.5 Å². The second-order valence-electron chi connectivity index (χ2n) is 7.03. The van der Waals surface area contributed by atoms with Crippen LogP contribution in [0.1, 0.15) is 16.7 Å². The highest BCUT2D eigenvalue weighted by Crippen LogP contribution is 2.18. The number of thiophene rings is 1. The third-order valence-electron chi connectivity index (χ3n) is 5.04. The molecule has 7 nitrogen and oxygen atoms in total. The normalized spacial score (nSPS) is 10.8. The first-order valence-corrected chi connectivity index (χ1v) is 10.9. The first kappa shape index (κ1) is 21.6. The fraction of sp³-hybridized carbons (Fsp3) is 0.130. The van der Waals surface area contributed by atoms with E-state index < -0.39 is 23.7 Å². The molecule has 1 amide bonds. The highest BCUT2D eigenvalue weighted by atomic mass is 35.5. The number of carbonyl (C=O) groups excluding carboxylic acids is 1. The van der Waals surface area contributed by atoms with Gasteiger partial charge in [-0.3, -0.25) is 14.2 Å². The van der Waals surface area contributed by atoms with Gasteiger partial charge in [0.25, 0.3) is 5.56 Å². The van der Waals surface area contributed by atoms with Gasteiger partial charge in [-0.05, 0) is 34.7 Å². The SMILES string of the molecule is N#Cc1ccccc1Cn1c(=O)n(CC(=O)NCc2ccccc2Cl)c(=O)c2sccc21. The number of nitrogens with one attached hydrogen (secondary N) is 1. The van der Waals surface area contributed by atoms with Gasteiger partial charge in [-0.2, -0.15) is 5.26 Å². The summed E-state index contributed by atoms with van der Waals surface area (Å²) in [5.74, 6) is -0.482. The molecule has 0 radical (unpaired) electrons. The number of halogens is 1. The molecule has 2 heterocycles. The molecule has 9 heteroatoms. The van der Waals surface area contributed by atoms with Crippen molar-refractivity contribution >= 4 is 39.1 Å². The van der Waals surface area contributed by atoms with Crippen molar-refractivity contribution in [3.8, 4) is 6.07 Å². The minimum atomic E-state index is -0.610. The molecule has 0 spiro atoms. The van der Waals surface area contributed by atoms with Crippen LogP contribution in [0.15, 0.2) is 69.6 Å². The van der Waals surface area contributed by atoms with Gasteiger partial charge in [0.1, 0.15) is 11.2 Å². The monoisotopic (exact) mass is 464 g/mol. The molecule has 0 unspecified atom stereocenters. The predicted molar refractivity (Wildman–Crippen MR) is 124 cm³/mol. The molecule has 0 fully saturated rings. The summed E-state index contributed by atoms with van der Waals surface area (Å²) in [5, 5.41) is 14.3. The number of amides is 1. The molecule has 0 saturated heterocycles. The Kier molecular flexibility index (Phi) is 6.21. The summed E-state index contributed by atoms with van der Waals surface area (Å²) in [6, 6.07) is 17.9. The zero-order chi connectivity index (χ0) is 22.7. The van der Waals surface area contributed by atoms with Gasteiger partial charge < -0.3 is 5.32 Å². The number of fused-ring (bicyclic) bond motifs is 1. The molecule has 0 atom stereocenters. The molecule has 0 bridgehead atoms. The standard InChI is InChI=1S/C23H17ClN4O3S/c24-18-8-4-3-6-16(18)12-26-20(29)14-28-22(30)21-19(9-10-32-21)27(23(28)31)13-17-7-2-1-5-15(17)11-25/h1-10H,12-14H2,(H,26,29). The molecular weight excluding hydrogens is 448 g/mol. The topological polar surface area (TPSA) is 96.9 Å². The summed E-state index contributed by atoms with van der Waals surface area (Å²) in [6.07, 6.45) is 0. The second-order valence-corrected chi connectivity index (χ2v) is 8.36. The lowest BCUT2D eigenvalue weighted by Gasteiger charge is -2.13. The van der Waals surface area contributed by atoms with Crippen LogP contribution in [0.2, 0.25) is 5.02 Å². The maximum Gasteiger partial charge on any atom is 0.332 e. The van der Waals surface area contributed by atoms with Gasteiger partial charge in [0.15, 0.2) is 0 Å². The van der Waals surface area contributed by atoms with E-state index >= 15 is 0 Å². The number of benzene rings is 2. The number of hydrogen-bond donors (Lipinski definition) is 1. The third kappa shape index (κ3) is 4.21. The average molecular weight is 465 g/mol. The minimum Gasteiger partial charge on any atom is -0.350 e. The molecule has 1 N–H and O–H groups in total. The van der Waals surface area contributed by atoms with E-state index in [1.165, 1.54) is 15.9 Å². The largest absolute Gasteiger partial charge is 0.350 e. The van der Waals surface area contributed by atoms with Gasteiger partial charge in [0, 0.05) is 11.6 Å². The molecule has 0 saturated carbocycles. The van der Waals surface area contributed by atoms with Gasteiger partial charge in [-0.25, -0.2) is 9.36 Å². The van der Waals surface area contributed by atoms with E-state index in [0.717, 1.165) is 10.1 Å². The summed E-state index contributed by atoms with van der Waals surface area (Å²) in [4.78, 5) is 38.7. The molecule has 2 aromatic heterocycles. The predicted octanol–water partition coefficient (Wildman–Crippen LogP) is 3.11. The highest BCUT2D eigenvalue weighted by molar-refractivity contribution is 7.17. The van der Waals surface area contributed by atoms with Crippen molar-refractivity contribution in [2.24, 2.45) is 0 Å². The third-order valence-corrected chi connectivity index (χ3v) is 6.30. The Bertz CT molecular complexity index is 1480. The first-order valence-electron chi connectivity index (χ1n) is 9.68. The molecule has 0 aliphatic heterocycles. The molecular formula is C23H17ClN4O3S. The van der Waals surface area contributed by atoms with Crippen molar-refractivity contribution in [1.29, 1.82) is 5.26 Å². The maximum atomic E-state index is 13.2. The van der Waals surface area contributed by atoms with Crippen LogP contribution in [-0.2, 0) is 24.4 Å². The molecule has 0 aliphatic rings. The van der Waals surface area contributed by atoms with Crippen molar-refractivity contribution in [2.45, 2.75) is 19.6 Å². The van der Waals surface area contributed by atoms with E-state index in [1.54, 1.807) is 60.0 Å². The van der Waals surface area contributed by atoms with Gasteiger partial charge >= 0.3 is 5.69 Å². The van der Waals surface area contributed by atoms with Gasteiger partial charge in [0.2, 0.25) is 5.91 Å². The Balaban J connectivity index is 1.67. The molecule has 4 aromatic rings. The van der Waals surface area contributed by atoms with Crippen LogP contribution in [-0.4, -0.2) is 15.0 Å². The molecule has 32 heavy (non-hydrogen) atoms. The Morgan fingerprint density at radius 2 is 1.75 bits per heavy atom.